The lowest BCUT2D eigenvalue weighted by Crippen LogP contribution is -2.19. The van der Waals surface area contributed by atoms with Crippen LogP contribution in [0.3, 0.4) is 0 Å². The van der Waals surface area contributed by atoms with Crippen LogP contribution in [0.2, 0.25) is 0 Å². The molecule has 3 nitrogen and oxygen atoms in total. The minimum absolute atomic E-state index is 0.846. The maximum atomic E-state index is 9.51. The van der Waals surface area contributed by atoms with E-state index in [1.807, 2.05) is 12.2 Å². The molecule has 0 saturated heterocycles. The molecule has 0 aliphatic carbocycles. The monoisotopic (exact) mass is 276 g/mol. The molecule has 0 saturated carbocycles. The maximum absolute atomic E-state index is 9.51. The van der Waals surface area contributed by atoms with Crippen molar-refractivity contribution in [2.45, 2.75) is 57.3 Å². The lowest BCUT2D eigenvalue weighted by molar-refractivity contribution is 0.0678. The lowest BCUT2D eigenvalue weighted by atomic mass is 10.1. The topological polar surface area (TPSA) is 60.7 Å². The highest BCUT2D eigenvalue weighted by Gasteiger charge is 2.04. The number of hydrogen-bond donors (Lipinski definition) is 3. The van der Waals surface area contributed by atoms with Crippen LogP contribution in [0.15, 0.2) is 24.8 Å². The van der Waals surface area contributed by atoms with Gasteiger partial charge in [0.2, 0.25) is 0 Å². The maximum Gasteiger partial charge on any atom is 0.141 e. The van der Waals surface area contributed by atoms with Crippen LogP contribution in [-0.4, -0.2) is 33.6 Å². The molecule has 0 bridgehead atoms. The van der Waals surface area contributed by atoms with Gasteiger partial charge in [-0.1, -0.05) is 30.4 Å². The molecular weight excluding hydrogens is 252 g/mol. The minimum atomic E-state index is -1.10. The first kappa shape index (κ1) is 18.5. The van der Waals surface area contributed by atoms with Gasteiger partial charge in [-0.3, -0.25) is 0 Å². The Bertz CT molecular complexity index is 401. The van der Waals surface area contributed by atoms with Gasteiger partial charge in [-0.2, -0.15) is 0 Å². The summed E-state index contributed by atoms with van der Waals surface area (Å²) in [5.74, 6) is 9.74. The van der Waals surface area contributed by atoms with Crippen LogP contribution in [-0.2, 0) is 0 Å². The summed E-state index contributed by atoms with van der Waals surface area (Å²) < 4.78 is 0. The highest BCUT2D eigenvalue weighted by molar-refractivity contribution is 5.30. The van der Waals surface area contributed by atoms with E-state index in [0.29, 0.717) is 0 Å². The zero-order chi connectivity index (χ0) is 15.2. The predicted molar refractivity (Wildman–Crippen MR) is 81.7 cm³/mol. The third kappa shape index (κ3) is 11.6. The van der Waals surface area contributed by atoms with Crippen LogP contribution in [0.1, 0.15) is 39.0 Å². The van der Waals surface area contributed by atoms with Gasteiger partial charge in [-0.05, 0) is 50.5 Å². The zero-order valence-electron chi connectivity index (χ0n) is 12.0. The van der Waals surface area contributed by atoms with Gasteiger partial charge >= 0.3 is 0 Å². The molecule has 3 heteroatoms. The molecular formula is C17H24O3. The first-order valence-corrected chi connectivity index (χ1v) is 6.90. The van der Waals surface area contributed by atoms with Gasteiger partial charge in [0.05, 0.1) is 6.10 Å². The van der Waals surface area contributed by atoms with Gasteiger partial charge < -0.3 is 15.3 Å². The Morgan fingerprint density at radius 3 is 2.30 bits per heavy atom. The van der Waals surface area contributed by atoms with E-state index in [1.54, 1.807) is 6.08 Å². The van der Waals surface area contributed by atoms with Crippen LogP contribution < -0.4 is 0 Å². The first-order chi connectivity index (χ1) is 9.57. The van der Waals surface area contributed by atoms with Gasteiger partial charge in [0, 0.05) is 0 Å². The Morgan fingerprint density at radius 1 is 1.00 bits per heavy atom. The number of allylic oxidation sites excluding steroid dienone is 2. The van der Waals surface area contributed by atoms with Crippen LogP contribution >= 0.6 is 0 Å². The first-order valence-electron chi connectivity index (χ1n) is 6.90. The van der Waals surface area contributed by atoms with Crippen molar-refractivity contribution in [1.29, 1.82) is 0 Å². The summed E-state index contributed by atoms with van der Waals surface area (Å²) in [6, 6.07) is 0. The van der Waals surface area contributed by atoms with Gasteiger partial charge in [0.15, 0.2) is 0 Å². The molecule has 110 valence electrons. The average molecular weight is 276 g/mol. The minimum Gasteiger partial charge on any atom is -0.390 e. The van der Waals surface area contributed by atoms with Crippen molar-refractivity contribution < 1.29 is 15.3 Å². The molecule has 3 N–H and O–H groups in total. The van der Waals surface area contributed by atoms with E-state index in [1.165, 1.54) is 6.92 Å². The molecule has 0 heterocycles. The Labute approximate surface area is 122 Å². The van der Waals surface area contributed by atoms with Crippen molar-refractivity contribution in [3.8, 4) is 23.7 Å². The molecule has 0 aliphatic heterocycles. The van der Waals surface area contributed by atoms with E-state index in [9.17, 15) is 10.2 Å². The van der Waals surface area contributed by atoms with Crippen molar-refractivity contribution in [2.24, 2.45) is 0 Å². The van der Waals surface area contributed by atoms with Gasteiger partial charge in [0.25, 0.3) is 0 Å². The van der Waals surface area contributed by atoms with E-state index in [-0.39, 0.29) is 0 Å². The van der Waals surface area contributed by atoms with Crippen LogP contribution in [0.4, 0.5) is 0 Å². The van der Waals surface area contributed by atoms with Crippen molar-refractivity contribution in [3.63, 3.8) is 0 Å². The normalized spacial score (nSPS) is 14.6. The zero-order valence-corrected chi connectivity index (χ0v) is 12.0. The summed E-state index contributed by atoms with van der Waals surface area (Å²) in [5, 5.41) is 27.7. The number of hydrogen-bond acceptors (Lipinski definition) is 3. The Kier molecular flexibility index (Phi) is 11.6. The van der Waals surface area contributed by atoms with E-state index in [4.69, 9.17) is 5.11 Å². The molecule has 0 rings (SSSR count). The molecule has 0 spiro atoms. The predicted octanol–water partition coefficient (Wildman–Crippen LogP) is 1.79. The Morgan fingerprint density at radius 2 is 1.65 bits per heavy atom. The molecule has 1 unspecified atom stereocenters. The molecule has 0 radical (unpaired) electrons. The average Bonchev–Trinajstić information content (AvgIpc) is 2.42. The molecule has 0 amide bonds. The molecule has 0 aromatic rings. The molecule has 0 aliphatic rings. The highest BCUT2D eigenvalue weighted by atomic mass is 16.3. The second-order valence-corrected chi connectivity index (χ2v) is 4.52. The summed E-state index contributed by atoms with van der Waals surface area (Å²) >= 11 is 0. The SMILES string of the molecule is C=CCCCCC/C=C\C(O)C#CC#C[C@@H](O)[C@H](C)O. The van der Waals surface area contributed by atoms with Gasteiger partial charge in [0.1, 0.15) is 12.2 Å². The number of aliphatic hydroxyl groups is 3. The van der Waals surface area contributed by atoms with Crippen molar-refractivity contribution in [1.82, 2.24) is 0 Å². The molecule has 20 heavy (non-hydrogen) atoms. The van der Waals surface area contributed by atoms with E-state index < -0.39 is 18.3 Å². The fourth-order valence-electron chi connectivity index (χ4n) is 1.34. The number of unbranched alkanes of at least 4 members (excludes halogenated alkanes) is 4. The molecule has 3 atom stereocenters. The van der Waals surface area contributed by atoms with Crippen molar-refractivity contribution in [2.75, 3.05) is 0 Å². The van der Waals surface area contributed by atoms with Crippen LogP contribution in [0, 0.1) is 23.7 Å². The Balaban J connectivity index is 3.87. The number of rotatable bonds is 8. The lowest BCUT2D eigenvalue weighted by Gasteiger charge is -2.03. The van der Waals surface area contributed by atoms with Crippen LogP contribution in [0.25, 0.3) is 0 Å². The smallest absolute Gasteiger partial charge is 0.141 e. The largest absolute Gasteiger partial charge is 0.390 e. The van der Waals surface area contributed by atoms with Crippen LogP contribution in [0.5, 0.6) is 0 Å². The second-order valence-electron chi connectivity index (χ2n) is 4.52. The third-order valence-electron chi connectivity index (χ3n) is 2.56. The Hall–Kier alpha value is -1.52. The summed E-state index contributed by atoms with van der Waals surface area (Å²) in [4.78, 5) is 0. The summed E-state index contributed by atoms with van der Waals surface area (Å²) in [6.07, 6.45) is 7.97. The fraction of sp³-hybridized carbons (Fsp3) is 0.529. The quantitative estimate of drug-likeness (QED) is 0.360. The fourth-order valence-corrected chi connectivity index (χ4v) is 1.34. The van der Waals surface area contributed by atoms with Crippen molar-refractivity contribution >= 4 is 0 Å². The second kappa shape index (κ2) is 12.5. The van der Waals surface area contributed by atoms with Gasteiger partial charge in [-0.25, -0.2) is 0 Å². The van der Waals surface area contributed by atoms with E-state index in [0.717, 1.165) is 32.1 Å². The standard InChI is InChI=1S/C17H24O3/c1-3-4-5-6-7-8-9-12-16(19)13-10-11-14-17(20)15(2)18/h3,9,12,15-20H,1,4-8H2,2H3/b12-9-/t15-,16?,17+/m0/s1. The molecule has 0 fully saturated rings. The van der Waals surface area contributed by atoms with E-state index in [2.05, 4.69) is 30.3 Å². The summed E-state index contributed by atoms with van der Waals surface area (Å²) in [6.45, 7) is 5.11. The molecule has 0 aromatic heterocycles. The third-order valence-corrected chi connectivity index (χ3v) is 2.56. The van der Waals surface area contributed by atoms with Crippen molar-refractivity contribution in [3.05, 3.63) is 24.8 Å². The van der Waals surface area contributed by atoms with Gasteiger partial charge in [-0.15, -0.1) is 6.58 Å². The number of aliphatic hydroxyl groups excluding tert-OH is 3. The molecule has 0 aromatic carbocycles. The van der Waals surface area contributed by atoms with E-state index >= 15 is 0 Å². The summed E-state index contributed by atoms with van der Waals surface area (Å²) in [7, 11) is 0. The highest BCUT2D eigenvalue weighted by Crippen LogP contribution is 2.04. The summed E-state index contributed by atoms with van der Waals surface area (Å²) in [5.41, 5.74) is 0.